The zero-order valence-electron chi connectivity index (χ0n) is 52.0. The van der Waals surface area contributed by atoms with Gasteiger partial charge in [-0.05, 0) is 96.3 Å². The maximum absolute atomic E-state index is 11.3. The van der Waals surface area contributed by atoms with Gasteiger partial charge in [0.05, 0.1) is 0 Å². The number of rotatable bonds is 56. The van der Waals surface area contributed by atoms with Crippen molar-refractivity contribution in [3.05, 3.63) is 36.5 Å². The van der Waals surface area contributed by atoms with Gasteiger partial charge in [0.25, 0.3) is 0 Å². The molecule has 0 heterocycles. The standard InChI is InChI=1S/3C20H38O2S.C7H13O2.Sn/c3*1-2-3-4-5-6-7-8-9-10-11-12-13-14-15-16-17-20(21)22-18-19-23;1-3-5-6-9-7(8)4-2;/h3*9-10,23H,2-8,11-19H2,1H3;2-6H2,1H3;/b3*10-9-;;. The van der Waals surface area contributed by atoms with Crippen LogP contribution >= 0.6 is 37.9 Å². The molecule has 0 unspecified atom stereocenters. The van der Waals surface area contributed by atoms with Crippen molar-refractivity contribution < 1.29 is 38.1 Å². The Morgan fingerprint density at radius 2 is 0.481 bits per heavy atom. The van der Waals surface area contributed by atoms with Gasteiger partial charge in [-0.25, -0.2) is 0 Å². The van der Waals surface area contributed by atoms with Crippen LogP contribution in [-0.4, -0.2) is 90.1 Å². The second-order valence-electron chi connectivity index (χ2n) is 20.9. The van der Waals surface area contributed by atoms with Crippen LogP contribution < -0.4 is 0 Å². The number of thiol groups is 3. The van der Waals surface area contributed by atoms with Crippen molar-refractivity contribution >= 4 is 84.3 Å². The number of ether oxygens (including phenoxy) is 4. The van der Waals surface area contributed by atoms with E-state index in [1.807, 2.05) is 0 Å². The van der Waals surface area contributed by atoms with E-state index < -0.39 is 0 Å². The van der Waals surface area contributed by atoms with Crippen LogP contribution in [0.5, 0.6) is 0 Å². The average molecular weight is 1280 g/mol. The molecule has 0 spiro atoms. The normalized spacial score (nSPS) is 11.0. The topological polar surface area (TPSA) is 105 Å². The second-order valence-corrected chi connectivity index (χ2v) is 23.7. The molecule has 0 aliphatic carbocycles. The number of unbranched alkanes of at least 4 members (excludes halogenated alkanes) is 34. The predicted octanol–water partition coefficient (Wildman–Crippen LogP) is 20.8. The molecule has 8 nitrogen and oxygen atoms in total. The third kappa shape index (κ3) is 88.3. The van der Waals surface area contributed by atoms with Crippen molar-refractivity contribution in [1.82, 2.24) is 0 Å². The van der Waals surface area contributed by atoms with Crippen molar-refractivity contribution in [2.75, 3.05) is 43.7 Å². The molecule has 0 aromatic heterocycles. The Bertz CT molecular complexity index is 1170. The Balaban J connectivity index is -0.000000491. The van der Waals surface area contributed by atoms with Gasteiger partial charge in [-0.2, -0.15) is 37.9 Å². The fraction of sp³-hybridized carbons (Fsp3) is 0.851. The van der Waals surface area contributed by atoms with Gasteiger partial charge < -0.3 is 14.2 Å². The van der Waals surface area contributed by atoms with Crippen molar-refractivity contribution in [3.63, 3.8) is 0 Å². The molecule has 0 aromatic rings. The van der Waals surface area contributed by atoms with Gasteiger partial charge in [0.15, 0.2) is 0 Å². The molecular weight excluding hydrogens is 1150 g/mol. The van der Waals surface area contributed by atoms with Crippen LogP contribution in [0.3, 0.4) is 0 Å². The summed E-state index contributed by atoms with van der Waals surface area (Å²) in [5, 5.41) is 0. The second kappa shape index (κ2) is 81.2. The first-order valence-corrected chi connectivity index (χ1v) is 36.7. The molecule has 0 atom stereocenters. The van der Waals surface area contributed by atoms with Crippen LogP contribution in [0, 0.1) is 0 Å². The van der Waals surface area contributed by atoms with E-state index in [-0.39, 0.29) is 23.9 Å². The van der Waals surface area contributed by atoms with Crippen molar-refractivity contribution in [2.45, 2.75) is 321 Å². The molecule has 12 heteroatoms. The molecule has 0 aliphatic rings. The molecule has 3 radical (unpaired) electrons. The predicted molar refractivity (Wildman–Crippen MR) is 354 cm³/mol. The van der Waals surface area contributed by atoms with Crippen LogP contribution in [0.25, 0.3) is 0 Å². The maximum atomic E-state index is 11.3. The first-order valence-electron chi connectivity index (χ1n) is 32.8. The monoisotopic (exact) mass is 1280 g/mol. The SMILES string of the molecule is CCCCCCCC/C=C\CCCCCCCC(=O)OCCS.CCCCCCCC/C=C\CCCCCCCC(=O)OCCS.CCCCCCCC/C=C\CCCCCCCC(=O)OCCS.CCCCOC(=O)C[CH2][Sn]. The third-order valence-corrected chi connectivity index (χ3v) is 14.3. The average Bonchev–Trinajstić information content (AvgIpc) is 3.45. The summed E-state index contributed by atoms with van der Waals surface area (Å²) in [5.41, 5.74) is 0. The molecule has 0 saturated carbocycles. The molecule has 0 aromatic carbocycles. The Kier molecular flexibility index (Phi) is 86.7. The van der Waals surface area contributed by atoms with Crippen LogP contribution in [-0.2, 0) is 38.1 Å². The fourth-order valence-corrected chi connectivity index (χ4v) is 9.08. The fourth-order valence-electron chi connectivity index (χ4n) is 8.22. The van der Waals surface area contributed by atoms with Gasteiger partial charge in [-0.15, -0.1) is 0 Å². The van der Waals surface area contributed by atoms with E-state index in [0.29, 0.717) is 69.4 Å². The first-order chi connectivity index (χ1) is 38.7. The van der Waals surface area contributed by atoms with E-state index in [1.54, 1.807) is 0 Å². The van der Waals surface area contributed by atoms with E-state index in [4.69, 9.17) is 18.9 Å². The first kappa shape index (κ1) is 84.4. The van der Waals surface area contributed by atoms with Crippen LogP contribution in [0.4, 0.5) is 0 Å². The van der Waals surface area contributed by atoms with Gasteiger partial charge in [-0.1, -0.05) is 211 Å². The summed E-state index contributed by atoms with van der Waals surface area (Å²) in [7, 11) is 0. The Morgan fingerprint density at radius 1 is 0.278 bits per heavy atom. The van der Waals surface area contributed by atoms with Crippen LogP contribution in [0.15, 0.2) is 36.5 Å². The van der Waals surface area contributed by atoms with Crippen LogP contribution in [0.2, 0.25) is 4.44 Å². The third-order valence-electron chi connectivity index (χ3n) is 13.1. The summed E-state index contributed by atoms with van der Waals surface area (Å²) >= 11 is 13.4. The van der Waals surface area contributed by atoms with E-state index in [2.05, 4.69) is 102 Å². The molecule has 0 bridgehead atoms. The molecule has 0 rings (SSSR count). The van der Waals surface area contributed by atoms with E-state index in [1.165, 1.54) is 234 Å². The summed E-state index contributed by atoms with van der Waals surface area (Å²) in [6.07, 6.45) is 68.3. The number of hydrogen-bond donors (Lipinski definition) is 3. The quantitative estimate of drug-likeness (QED) is 0.0138. The molecule has 79 heavy (non-hydrogen) atoms. The zero-order valence-corrected chi connectivity index (χ0v) is 57.6. The molecular formula is C67H127O8S3Sn. The van der Waals surface area contributed by atoms with Gasteiger partial charge in [0.2, 0.25) is 0 Å². The Hall–Kier alpha value is -1.05. The summed E-state index contributed by atoms with van der Waals surface area (Å²) in [5.74, 6) is 1.57. The number of allylic oxidation sites excluding steroid dienone is 6. The minimum absolute atomic E-state index is 0.0368. The zero-order chi connectivity index (χ0) is 58.9. The van der Waals surface area contributed by atoms with Crippen molar-refractivity contribution in [2.24, 2.45) is 0 Å². The Morgan fingerprint density at radius 3 is 0.709 bits per heavy atom. The van der Waals surface area contributed by atoms with E-state index in [9.17, 15) is 19.2 Å². The number of esters is 4. The number of carbonyl (C=O) groups is 4. The minimum atomic E-state index is -0.0725. The summed E-state index contributed by atoms with van der Waals surface area (Å²) in [6.45, 7) is 10.8. The van der Waals surface area contributed by atoms with Gasteiger partial charge in [0.1, 0.15) is 19.8 Å². The molecule has 0 N–H and O–H groups in total. The summed E-state index contributed by atoms with van der Waals surface area (Å²) in [4.78, 5) is 44.5. The molecule has 0 fully saturated rings. The van der Waals surface area contributed by atoms with Crippen molar-refractivity contribution in [1.29, 1.82) is 0 Å². The molecule has 0 saturated heterocycles. The van der Waals surface area contributed by atoms with Gasteiger partial charge in [0, 0.05) is 36.5 Å². The van der Waals surface area contributed by atoms with Gasteiger partial charge >= 0.3 is 93.2 Å². The molecule has 0 amide bonds. The Labute approximate surface area is 520 Å². The van der Waals surface area contributed by atoms with Crippen molar-refractivity contribution in [3.8, 4) is 0 Å². The number of hydrogen-bond acceptors (Lipinski definition) is 11. The number of carbonyl (C=O) groups excluding carboxylic acids is 4. The summed E-state index contributed by atoms with van der Waals surface area (Å²) in [6, 6.07) is 0. The molecule has 465 valence electrons. The van der Waals surface area contributed by atoms with Gasteiger partial charge in [-0.3, -0.25) is 14.4 Å². The molecule has 0 aliphatic heterocycles. The van der Waals surface area contributed by atoms with E-state index in [0.717, 1.165) is 55.8 Å². The summed E-state index contributed by atoms with van der Waals surface area (Å²) < 4.78 is 20.8. The van der Waals surface area contributed by atoms with Crippen LogP contribution in [0.1, 0.15) is 317 Å². The van der Waals surface area contributed by atoms with E-state index >= 15 is 0 Å².